The van der Waals surface area contributed by atoms with E-state index in [9.17, 15) is 0 Å². The largest absolute Gasteiger partial charge is 0.382 e. The summed E-state index contributed by atoms with van der Waals surface area (Å²) in [6, 6.07) is 7.78. The maximum atomic E-state index is 6.18. The van der Waals surface area contributed by atoms with Crippen molar-refractivity contribution in [2.45, 2.75) is 31.8 Å². The average Bonchev–Trinajstić information content (AvgIpc) is 2.67. The molecule has 26 heavy (non-hydrogen) atoms. The van der Waals surface area contributed by atoms with E-state index in [1.165, 1.54) is 24.1 Å². The van der Waals surface area contributed by atoms with Crippen LogP contribution >= 0.6 is 11.6 Å². The summed E-state index contributed by atoms with van der Waals surface area (Å²) in [4.78, 5) is 12.2. The Morgan fingerprint density at radius 1 is 1.27 bits per heavy atom. The van der Waals surface area contributed by atoms with Crippen LogP contribution in [0, 0.1) is 0 Å². The Kier molecular flexibility index (Phi) is 5.38. The molecule has 1 aliphatic carbocycles. The highest BCUT2D eigenvalue weighted by Crippen LogP contribution is 2.32. The lowest BCUT2D eigenvalue weighted by Crippen LogP contribution is -2.45. The third-order valence-electron chi connectivity index (χ3n) is 5.03. The van der Waals surface area contributed by atoms with Crippen LogP contribution < -0.4 is 4.90 Å². The first-order chi connectivity index (χ1) is 12.7. The highest BCUT2D eigenvalue weighted by Gasteiger charge is 2.27. The van der Waals surface area contributed by atoms with Crippen LogP contribution in [-0.2, 0) is 22.3 Å². The molecule has 0 spiro atoms. The average molecular weight is 374 g/mol. The number of ether oxygens (including phenoxy) is 2. The molecule has 0 radical (unpaired) electrons. The van der Waals surface area contributed by atoms with E-state index in [2.05, 4.69) is 4.90 Å². The van der Waals surface area contributed by atoms with Gasteiger partial charge in [-0.3, -0.25) is 0 Å². The molecule has 1 fully saturated rings. The fourth-order valence-electron chi connectivity index (χ4n) is 3.79. The molecule has 2 aliphatic rings. The van der Waals surface area contributed by atoms with Crippen LogP contribution in [0.25, 0.3) is 11.4 Å². The lowest BCUT2D eigenvalue weighted by atomic mass is 9.95. The first kappa shape index (κ1) is 17.7. The molecule has 4 rings (SSSR count). The minimum absolute atomic E-state index is 0.0811. The molecule has 1 aromatic heterocycles. The predicted octanol–water partition coefficient (Wildman–Crippen LogP) is 3.53. The molecule has 1 atom stereocenters. The second kappa shape index (κ2) is 7.91. The van der Waals surface area contributed by atoms with Gasteiger partial charge < -0.3 is 14.4 Å². The maximum absolute atomic E-state index is 6.18. The predicted molar refractivity (Wildman–Crippen MR) is 103 cm³/mol. The molecule has 0 bridgehead atoms. The molecule has 2 heterocycles. The van der Waals surface area contributed by atoms with Crippen LogP contribution in [0.2, 0.25) is 5.02 Å². The van der Waals surface area contributed by atoms with Crippen molar-refractivity contribution in [3.05, 3.63) is 40.5 Å². The molecular formula is C20H24ClN3O2. The highest BCUT2D eigenvalue weighted by atomic mass is 35.5. The number of morpholine rings is 1. The Balaban J connectivity index is 1.74. The zero-order valence-electron chi connectivity index (χ0n) is 15.1. The number of hydrogen-bond donors (Lipinski definition) is 0. The van der Waals surface area contributed by atoms with Crippen molar-refractivity contribution in [1.82, 2.24) is 9.97 Å². The van der Waals surface area contributed by atoms with E-state index in [1.807, 2.05) is 24.3 Å². The zero-order valence-corrected chi connectivity index (χ0v) is 15.8. The number of benzene rings is 1. The summed E-state index contributed by atoms with van der Waals surface area (Å²) >= 11 is 6.18. The fraction of sp³-hybridized carbons (Fsp3) is 0.500. The fourth-order valence-corrected chi connectivity index (χ4v) is 3.98. The standard InChI is InChI=1S/C20H24ClN3O2/c1-25-13-16-12-24(9-10-26-16)20-17-7-2-3-8-18(17)22-19(23-20)14-5-4-6-15(21)11-14/h4-6,11,16H,2-3,7-10,12-13H2,1H3. The van der Waals surface area contributed by atoms with Crippen LogP contribution in [0.3, 0.4) is 0 Å². The van der Waals surface area contributed by atoms with Crippen molar-refractivity contribution in [3.63, 3.8) is 0 Å². The van der Waals surface area contributed by atoms with Crippen molar-refractivity contribution in [1.29, 1.82) is 0 Å². The monoisotopic (exact) mass is 373 g/mol. The molecular weight excluding hydrogens is 350 g/mol. The number of nitrogens with zero attached hydrogens (tertiary/aromatic N) is 3. The molecule has 6 heteroatoms. The normalized spacial score (nSPS) is 20.1. The second-order valence-corrected chi connectivity index (χ2v) is 7.34. The van der Waals surface area contributed by atoms with Gasteiger partial charge in [-0.2, -0.15) is 0 Å². The first-order valence-electron chi connectivity index (χ1n) is 9.26. The van der Waals surface area contributed by atoms with Gasteiger partial charge in [0.25, 0.3) is 0 Å². The van der Waals surface area contributed by atoms with Gasteiger partial charge in [-0.15, -0.1) is 0 Å². The summed E-state index contributed by atoms with van der Waals surface area (Å²) in [7, 11) is 1.71. The molecule has 1 aliphatic heterocycles. The number of halogens is 1. The van der Waals surface area contributed by atoms with Gasteiger partial charge in [0.05, 0.1) is 19.3 Å². The van der Waals surface area contributed by atoms with Gasteiger partial charge in [-0.05, 0) is 37.8 Å². The SMILES string of the molecule is COCC1CN(c2nc(-c3cccc(Cl)c3)nc3c2CCCC3)CCO1. The third-order valence-corrected chi connectivity index (χ3v) is 5.27. The molecule has 1 saturated heterocycles. The van der Waals surface area contributed by atoms with Crippen LogP contribution in [-0.4, -0.2) is 49.5 Å². The highest BCUT2D eigenvalue weighted by molar-refractivity contribution is 6.30. The molecule has 138 valence electrons. The van der Waals surface area contributed by atoms with Crippen molar-refractivity contribution in [2.24, 2.45) is 0 Å². The zero-order chi connectivity index (χ0) is 17.9. The van der Waals surface area contributed by atoms with Gasteiger partial charge in [0.2, 0.25) is 0 Å². The van der Waals surface area contributed by atoms with Gasteiger partial charge in [-0.25, -0.2) is 9.97 Å². The van der Waals surface area contributed by atoms with Gasteiger partial charge in [0.1, 0.15) is 5.82 Å². The Bertz CT molecular complexity index is 782. The summed E-state index contributed by atoms with van der Waals surface area (Å²) in [6.45, 7) is 2.94. The second-order valence-electron chi connectivity index (χ2n) is 6.91. The first-order valence-corrected chi connectivity index (χ1v) is 9.63. The molecule has 0 N–H and O–H groups in total. The number of methoxy groups -OCH3 is 1. The van der Waals surface area contributed by atoms with E-state index in [4.69, 9.17) is 31.0 Å². The minimum atomic E-state index is 0.0811. The van der Waals surface area contributed by atoms with Crippen molar-refractivity contribution < 1.29 is 9.47 Å². The van der Waals surface area contributed by atoms with E-state index in [0.717, 1.165) is 43.1 Å². The van der Waals surface area contributed by atoms with Gasteiger partial charge in [-0.1, -0.05) is 23.7 Å². The van der Waals surface area contributed by atoms with Crippen LogP contribution in [0.1, 0.15) is 24.1 Å². The number of anilines is 1. The Morgan fingerprint density at radius 2 is 2.15 bits per heavy atom. The van der Waals surface area contributed by atoms with Gasteiger partial charge in [0, 0.05) is 42.0 Å². The summed E-state index contributed by atoms with van der Waals surface area (Å²) in [5, 5.41) is 0.705. The summed E-state index contributed by atoms with van der Waals surface area (Å²) in [6.07, 6.45) is 4.54. The molecule has 0 saturated carbocycles. The van der Waals surface area contributed by atoms with Gasteiger partial charge in [0.15, 0.2) is 5.82 Å². The number of fused-ring (bicyclic) bond motifs is 1. The van der Waals surface area contributed by atoms with Crippen molar-refractivity contribution in [2.75, 3.05) is 38.3 Å². The van der Waals surface area contributed by atoms with Crippen molar-refractivity contribution in [3.8, 4) is 11.4 Å². The minimum Gasteiger partial charge on any atom is -0.382 e. The Morgan fingerprint density at radius 3 is 3.00 bits per heavy atom. The molecule has 2 aromatic rings. The van der Waals surface area contributed by atoms with Crippen LogP contribution in [0.4, 0.5) is 5.82 Å². The number of aryl methyl sites for hydroxylation is 1. The maximum Gasteiger partial charge on any atom is 0.161 e. The van der Waals surface area contributed by atoms with E-state index >= 15 is 0 Å². The number of aromatic nitrogens is 2. The van der Waals surface area contributed by atoms with E-state index in [0.29, 0.717) is 18.2 Å². The number of hydrogen-bond acceptors (Lipinski definition) is 5. The summed E-state index contributed by atoms with van der Waals surface area (Å²) < 4.78 is 11.1. The molecule has 0 amide bonds. The van der Waals surface area contributed by atoms with Crippen LogP contribution in [0.5, 0.6) is 0 Å². The van der Waals surface area contributed by atoms with Crippen molar-refractivity contribution >= 4 is 17.4 Å². The smallest absolute Gasteiger partial charge is 0.161 e. The summed E-state index contributed by atoms with van der Waals surface area (Å²) in [5.74, 6) is 1.83. The molecule has 5 nitrogen and oxygen atoms in total. The lowest BCUT2D eigenvalue weighted by molar-refractivity contribution is -0.0102. The Hall–Kier alpha value is -1.69. The third kappa shape index (κ3) is 3.70. The van der Waals surface area contributed by atoms with E-state index in [-0.39, 0.29) is 6.10 Å². The molecule has 1 aromatic carbocycles. The molecule has 1 unspecified atom stereocenters. The summed E-state index contributed by atoms with van der Waals surface area (Å²) in [5.41, 5.74) is 3.46. The van der Waals surface area contributed by atoms with Crippen LogP contribution in [0.15, 0.2) is 24.3 Å². The van der Waals surface area contributed by atoms with E-state index in [1.54, 1.807) is 7.11 Å². The lowest BCUT2D eigenvalue weighted by Gasteiger charge is -2.35. The Labute approximate surface area is 159 Å². The van der Waals surface area contributed by atoms with E-state index < -0.39 is 0 Å². The van der Waals surface area contributed by atoms with Gasteiger partial charge >= 0.3 is 0 Å². The quantitative estimate of drug-likeness (QED) is 0.820. The topological polar surface area (TPSA) is 47.5 Å². The number of rotatable bonds is 4.